The summed E-state index contributed by atoms with van der Waals surface area (Å²) in [4.78, 5) is 17.8. The molecule has 178 valence electrons. The SMILES string of the molecule is C[N+]1(CCCc2cccnc2)CCCC(OC(=O)[C@](O)(c2ccccc2)C2CCCCC2)C1. The number of rotatable bonds is 8. The predicted octanol–water partition coefficient (Wildman–Crippen LogP) is 4.63. The first kappa shape index (κ1) is 23.9. The maximum absolute atomic E-state index is 13.6. The number of carbonyl (C=O) groups is 1. The van der Waals surface area contributed by atoms with Gasteiger partial charge in [0.2, 0.25) is 0 Å². The van der Waals surface area contributed by atoms with Crippen molar-refractivity contribution in [3.8, 4) is 0 Å². The second-order valence-corrected chi connectivity index (χ2v) is 10.4. The van der Waals surface area contributed by atoms with Crippen molar-refractivity contribution in [2.45, 2.75) is 69.5 Å². The molecule has 0 spiro atoms. The topological polar surface area (TPSA) is 59.4 Å². The Hall–Kier alpha value is -2.24. The lowest BCUT2D eigenvalue weighted by atomic mass is 9.73. The zero-order chi connectivity index (χ0) is 23.2. The van der Waals surface area contributed by atoms with E-state index in [9.17, 15) is 9.90 Å². The fourth-order valence-electron chi connectivity index (χ4n) is 5.86. The summed E-state index contributed by atoms with van der Waals surface area (Å²) < 4.78 is 7.02. The third-order valence-corrected chi connectivity index (χ3v) is 7.75. The van der Waals surface area contributed by atoms with E-state index in [2.05, 4.69) is 18.1 Å². The molecule has 2 aliphatic rings. The number of aromatic nitrogens is 1. The number of quaternary nitrogens is 1. The van der Waals surface area contributed by atoms with Crippen molar-refractivity contribution in [2.24, 2.45) is 5.92 Å². The molecule has 2 heterocycles. The van der Waals surface area contributed by atoms with E-state index in [0.29, 0.717) is 5.56 Å². The summed E-state index contributed by atoms with van der Waals surface area (Å²) >= 11 is 0. The molecule has 5 heteroatoms. The number of piperidine rings is 1. The largest absolute Gasteiger partial charge is 0.454 e. The molecule has 5 nitrogen and oxygen atoms in total. The number of ether oxygens (including phenoxy) is 1. The van der Waals surface area contributed by atoms with Gasteiger partial charge in [-0.05, 0) is 42.9 Å². The van der Waals surface area contributed by atoms with Gasteiger partial charge in [0.15, 0.2) is 11.7 Å². The smallest absolute Gasteiger partial charge is 0.343 e. The van der Waals surface area contributed by atoms with Crippen LogP contribution in [0, 0.1) is 5.92 Å². The van der Waals surface area contributed by atoms with E-state index in [4.69, 9.17) is 4.74 Å². The van der Waals surface area contributed by atoms with Crippen LogP contribution in [-0.4, -0.2) is 53.3 Å². The van der Waals surface area contributed by atoms with Crippen LogP contribution in [0.3, 0.4) is 0 Å². The Balaban J connectivity index is 1.41. The monoisotopic (exact) mass is 451 g/mol. The lowest BCUT2D eigenvalue weighted by Crippen LogP contribution is -2.55. The number of hydrogen-bond acceptors (Lipinski definition) is 4. The van der Waals surface area contributed by atoms with Crippen molar-refractivity contribution in [2.75, 3.05) is 26.7 Å². The summed E-state index contributed by atoms with van der Waals surface area (Å²) in [5.74, 6) is -0.528. The first-order valence-electron chi connectivity index (χ1n) is 12.7. The van der Waals surface area contributed by atoms with E-state index in [-0.39, 0.29) is 12.0 Å². The molecule has 1 aliphatic carbocycles. The molecule has 0 radical (unpaired) electrons. The molecule has 1 saturated heterocycles. The molecule has 1 aromatic heterocycles. The van der Waals surface area contributed by atoms with Gasteiger partial charge in [-0.1, -0.05) is 55.7 Å². The van der Waals surface area contributed by atoms with Crippen molar-refractivity contribution >= 4 is 5.97 Å². The Labute approximate surface area is 198 Å². The Bertz CT molecular complexity index is 885. The van der Waals surface area contributed by atoms with E-state index in [0.717, 1.165) is 75.5 Å². The first-order valence-corrected chi connectivity index (χ1v) is 12.7. The number of likely N-dealkylation sites (tertiary alicyclic amines) is 1. The van der Waals surface area contributed by atoms with Gasteiger partial charge in [-0.2, -0.15) is 0 Å². The van der Waals surface area contributed by atoms with Crippen LogP contribution < -0.4 is 0 Å². The Morgan fingerprint density at radius 3 is 2.61 bits per heavy atom. The van der Waals surface area contributed by atoms with Crippen LogP contribution in [0.5, 0.6) is 0 Å². The van der Waals surface area contributed by atoms with Crippen LogP contribution in [0.1, 0.15) is 62.5 Å². The van der Waals surface area contributed by atoms with E-state index < -0.39 is 11.6 Å². The summed E-state index contributed by atoms with van der Waals surface area (Å²) in [5, 5.41) is 11.8. The van der Waals surface area contributed by atoms with E-state index in [1.165, 1.54) is 12.0 Å². The highest BCUT2D eigenvalue weighted by atomic mass is 16.6. The standard InChI is InChI=1S/C28H39N2O3/c1-30(19-9-12-23-11-8-18-29-21-23)20-10-17-26(22-30)33-27(31)28(32,24-13-4-2-5-14-24)25-15-6-3-7-16-25/h2,4-5,8,11,13-14,18,21,25-26,32H,3,6-7,9-10,12,15-17,19-20,22H2,1H3/q+1/t26?,28-,30?/m0/s1. The molecular formula is C28H39N2O3+. The number of aliphatic hydroxyl groups is 1. The predicted molar refractivity (Wildman–Crippen MR) is 129 cm³/mol. The van der Waals surface area contributed by atoms with Crippen LogP contribution in [0.4, 0.5) is 0 Å². The molecular weight excluding hydrogens is 412 g/mol. The molecule has 1 saturated carbocycles. The molecule has 2 aromatic rings. The maximum atomic E-state index is 13.6. The number of aryl methyl sites for hydroxylation is 1. The molecule has 1 N–H and O–H groups in total. The number of carbonyl (C=O) groups excluding carboxylic acids is 1. The summed E-state index contributed by atoms with van der Waals surface area (Å²) in [7, 11) is 2.27. The summed E-state index contributed by atoms with van der Waals surface area (Å²) in [6, 6.07) is 13.6. The minimum absolute atomic E-state index is 0.0786. The number of pyridine rings is 1. The highest BCUT2D eigenvalue weighted by Crippen LogP contribution is 2.41. The molecule has 3 atom stereocenters. The summed E-state index contributed by atoms with van der Waals surface area (Å²) in [5.41, 5.74) is 0.388. The lowest BCUT2D eigenvalue weighted by molar-refractivity contribution is -0.917. The fraction of sp³-hybridized carbons (Fsp3) is 0.571. The molecule has 2 unspecified atom stereocenters. The van der Waals surface area contributed by atoms with Crippen LogP contribution in [0.25, 0.3) is 0 Å². The minimum atomic E-state index is -1.55. The first-order chi connectivity index (χ1) is 16.0. The molecule has 0 bridgehead atoms. The summed E-state index contributed by atoms with van der Waals surface area (Å²) in [6.07, 6.45) is 12.6. The number of likely N-dealkylation sites (N-methyl/N-ethyl adjacent to an activating group) is 1. The fourth-order valence-corrected chi connectivity index (χ4v) is 5.86. The van der Waals surface area contributed by atoms with Crippen LogP contribution >= 0.6 is 0 Å². The van der Waals surface area contributed by atoms with Gasteiger partial charge >= 0.3 is 5.97 Å². The number of benzene rings is 1. The van der Waals surface area contributed by atoms with Crippen molar-refractivity contribution in [1.29, 1.82) is 0 Å². The van der Waals surface area contributed by atoms with Gasteiger partial charge in [-0.25, -0.2) is 4.79 Å². The van der Waals surface area contributed by atoms with Gasteiger partial charge in [-0.3, -0.25) is 4.98 Å². The Kier molecular flexibility index (Phi) is 7.82. The average Bonchev–Trinajstić information content (AvgIpc) is 2.85. The molecule has 33 heavy (non-hydrogen) atoms. The highest BCUT2D eigenvalue weighted by Gasteiger charge is 2.48. The van der Waals surface area contributed by atoms with Gasteiger partial charge < -0.3 is 14.3 Å². The number of hydrogen-bond donors (Lipinski definition) is 1. The zero-order valence-corrected chi connectivity index (χ0v) is 20.0. The van der Waals surface area contributed by atoms with E-state index in [1.807, 2.05) is 48.8 Å². The van der Waals surface area contributed by atoms with Gasteiger partial charge in [0.25, 0.3) is 0 Å². The van der Waals surface area contributed by atoms with Crippen LogP contribution in [0.2, 0.25) is 0 Å². The average molecular weight is 452 g/mol. The van der Waals surface area contributed by atoms with Crippen molar-refractivity contribution in [3.05, 3.63) is 66.0 Å². The second-order valence-electron chi connectivity index (χ2n) is 10.4. The van der Waals surface area contributed by atoms with Crippen LogP contribution in [0.15, 0.2) is 54.9 Å². The van der Waals surface area contributed by atoms with E-state index in [1.54, 1.807) is 0 Å². The Morgan fingerprint density at radius 2 is 1.88 bits per heavy atom. The minimum Gasteiger partial charge on any atom is -0.454 e. The van der Waals surface area contributed by atoms with Crippen molar-refractivity contribution in [3.63, 3.8) is 0 Å². The van der Waals surface area contributed by atoms with Crippen LogP contribution in [-0.2, 0) is 21.6 Å². The molecule has 4 rings (SSSR count). The zero-order valence-electron chi connectivity index (χ0n) is 20.0. The van der Waals surface area contributed by atoms with Gasteiger partial charge in [0.1, 0.15) is 6.54 Å². The second kappa shape index (κ2) is 10.8. The third-order valence-electron chi connectivity index (χ3n) is 7.75. The van der Waals surface area contributed by atoms with Gasteiger partial charge in [0.05, 0.1) is 20.1 Å². The third kappa shape index (κ3) is 5.82. The molecule has 2 fully saturated rings. The molecule has 1 aromatic carbocycles. The van der Waals surface area contributed by atoms with Gasteiger partial charge in [0, 0.05) is 31.2 Å². The van der Waals surface area contributed by atoms with Gasteiger partial charge in [-0.15, -0.1) is 0 Å². The summed E-state index contributed by atoms with van der Waals surface area (Å²) in [6.45, 7) is 2.97. The Morgan fingerprint density at radius 1 is 1.09 bits per heavy atom. The maximum Gasteiger partial charge on any atom is 0.343 e. The molecule has 0 amide bonds. The normalized spacial score (nSPS) is 25.8. The molecule has 1 aliphatic heterocycles. The van der Waals surface area contributed by atoms with Crippen molar-refractivity contribution in [1.82, 2.24) is 4.98 Å². The van der Waals surface area contributed by atoms with E-state index >= 15 is 0 Å². The lowest BCUT2D eigenvalue weighted by Gasteiger charge is -2.42. The quantitative estimate of drug-likeness (QED) is 0.469. The van der Waals surface area contributed by atoms with Crippen molar-refractivity contribution < 1.29 is 19.1 Å². The highest BCUT2D eigenvalue weighted by molar-refractivity contribution is 5.81. The number of esters is 1. The number of nitrogens with zero attached hydrogens (tertiary/aromatic N) is 2.